The van der Waals surface area contributed by atoms with Crippen molar-refractivity contribution in [3.63, 3.8) is 0 Å². The van der Waals surface area contributed by atoms with Gasteiger partial charge in [-0.15, -0.1) is 22.7 Å². The number of aryl methyl sites for hydroxylation is 1. The molecular formula is C21H19N3OS2. The molecule has 6 heteroatoms. The molecule has 2 N–H and O–H groups in total. The van der Waals surface area contributed by atoms with Crippen LogP contribution in [-0.4, -0.2) is 15.1 Å². The third kappa shape index (κ3) is 4.08. The summed E-state index contributed by atoms with van der Waals surface area (Å²) in [5.41, 5.74) is 4.60. The van der Waals surface area contributed by atoms with Crippen LogP contribution in [0, 0.1) is 6.92 Å². The Hall–Kier alpha value is -2.54. The maximum absolute atomic E-state index is 10.6. The molecule has 0 saturated heterocycles. The maximum Gasteiger partial charge on any atom is 0.133 e. The van der Waals surface area contributed by atoms with Gasteiger partial charge in [0, 0.05) is 17.3 Å². The van der Waals surface area contributed by atoms with E-state index in [1.54, 1.807) is 28.9 Å². The molecule has 0 unspecified atom stereocenters. The highest BCUT2D eigenvalue weighted by molar-refractivity contribution is 7.20. The van der Waals surface area contributed by atoms with E-state index in [1.165, 1.54) is 4.88 Å². The fourth-order valence-corrected chi connectivity index (χ4v) is 4.43. The molecule has 0 saturated carbocycles. The summed E-state index contributed by atoms with van der Waals surface area (Å²) >= 11 is 3.37. The lowest BCUT2D eigenvalue weighted by atomic mass is 10.0. The SMILES string of the molecule is Cc1ccc([C@@H](O)c2ccccn2)cc1NCc1csc(-c2cccs2)n1. The highest BCUT2D eigenvalue weighted by Crippen LogP contribution is 2.29. The number of thiazole rings is 1. The van der Waals surface area contributed by atoms with Gasteiger partial charge in [0.2, 0.25) is 0 Å². The van der Waals surface area contributed by atoms with E-state index >= 15 is 0 Å². The van der Waals surface area contributed by atoms with Gasteiger partial charge in [-0.2, -0.15) is 0 Å². The number of aliphatic hydroxyl groups excluding tert-OH is 1. The van der Waals surface area contributed by atoms with Gasteiger partial charge in [0.1, 0.15) is 11.1 Å². The predicted octanol–water partition coefficient (Wildman–Crippen LogP) is 5.27. The van der Waals surface area contributed by atoms with E-state index in [0.717, 1.165) is 27.5 Å². The van der Waals surface area contributed by atoms with Crippen molar-refractivity contribution in [2.24, 2.45) is 0 Å². The molecule has 4 rings (SSSR count). The number of thiophene rings is 1. The zero-order chi connectivity index (χ0) is 18.6. The fraction of sp³-hybridized carbons (Fsp3) is 0.143. The third-order valence-electron chi connectivity index (χ3n) is 4.29. The number of anilines is 1. The van der Waals surface area contributed by atoms with Gasteiger partial charge in [0.15, 0.2) is 0 Å². The minimum atomic E-state index is -0.739. The summed E-state index contributed by atoms with van der Waals surface area (Å²) in [6.45, 7) is 2.70. The Morgan fingerprint density at radius 1 is 1.11 bits per heavy atom. The first-order valence-corrected chi connectivity index (χ1v) is 10.4. The van der Waals surface area contributed by atoms with E-state index in [2.05, 4.69) is 34.1 Å². The molecule has 0 aliphatic rings. The van der Waals surface area contributed by atoms with Crippen molar-refractivity contribution in [1.82, 2.24) is 9.97 Å². The molecule has 27 heavy (non-hydrogen) atoms. The molecule has 0 fully saturated rings. The molecule has 0 aliphatic heterocycles. The lowest BCUT2D eigenvalue weighted by Gasteiger charge is -2.14. The van der Waals surface area contributed by atoms with E-state index in [0.29, 0.717) is 12.2 Å². The van der Waals surface area contributed by atoms with Crippen molar-refractivity contribution in [3.8, 4) is 9.88 Å². The van der Waals surface area contributed by atoms with Crippen LogP contribution in [0.4, 0.5) is 5.69 Å². The Kier molecular flexibility index (Phi) is 5.29. The van der Waals surface area contributed by atoms with E-state index in [1.807, 2.05) is 42.5 Å². The van der Waals surface area contributed by atoms with Crippen LogP contribution in [0.3, 0.4) is 0 Å². The van der Waals surface area contributed by atoms with Crippen LogP contribution in [0.5, 0.6) is 0 Å². The minimum absolute atomic E-state index is 0.645. The van der Waals surface area contributed by atoms with Gasteiger partial charge in [-0.05, 0) is 47.7 Å². The maximum atomic E-state index is 10.6. The molecule has 136 valence electrons. The van der Waals surface area contributed by atoms with Crippen molar-refractivity contribution in [2.45, 2.75) is 19.6 Å². The molecule has 0 radical (unpaired) electrons. The van der Waals surface area contributed by atoms with Crippen LogP contribution < -0.4 is 5.32 Å². The first-order chi connectivity index (χ1) is 13.2. The van der Waals surface area contributed by atoms with Gasteiger partial charge in [-0.1, -0.05) is 24.3 Å². The second-order valence-corrected chi connectivity index (χ2v) is 8.01. The summed E-state index contributed by atoms with van der Waals surface area (Å²) < 4.78 is 0. The van der Waals surface area contributed by atoms with Crippen LogP contribution >= 0.6 is 22.7 Å². The molecule has 3 aromatic heterocycles. The summed E-state index contributed by atoms with van der Waals surface area (Å²) in [7, 11) is 0. The number of hydrogen-bond acceptors (Lipinski definition) is 6. The molecule has 1 aromatic carbocycles. The molecule has 0 spiro atoms. The standard InChI is InChI=1S/C21H19N3OS2/c1-14-7-8-15(20(25)17-5-2-3-9-22-17)11-18(14)23-12-16-13-27-21(24-16)19-6-4-10-26-19/h2-11,13,20,23,25H,12H2,1H3/t20-/m1/s1. The Morgan fingerprint density at radius 2 is 2.04 bits per heavy atom. The molecular weight excluding hydrogens is 374 g/mol. The Balaban J connectivity index is 1.49. The summed E-state index contributed by atoms with van der Waals surface area (Å²) in [4.78, 5) is 10.2. The Morgan fingerprint density at radius 3 is 2.81 bits per heavy atom. The molecule has 0 amide bonds. The highest BCUT2D eigenvalue weighted by atomic mass is 32.1. The monoisotopic (exact) mass is 393 g/mol. The van der Waals surface area contributed by atoms with Gasteiger partial charge >= 0.3 is 0 Å². The van der Waals surface area contributed by atoms with Gasteiger partial charge in [0.05, 0.1) is 22.8 Å². The van der Waals surface area contributed by atoms with Crippen molar-refractivity contribution in [2.75, 3.05) is 5.32 Å². The summed E-state index contributed by atoms with van der Waals surface area (Å²) in [5, 5.41) is 19.3. The average molecular weight is 394 g/mol. The molecule has 0 bridgehead atoms. The lowest BCUT2D eigenvalue weighted by molar-refractivity contribution is 0.215. The van der Waals surface area contributed by atoms with Gasteiger partial charge in [-0.25, -0.2) is 4.98 Å². The van der Waals surface area contributed by atoms with Crippen molar-refractivity contribution < 1.29 is 5.11 Å². The quantitative estimate of drug-likeness (QED) is 0.469. The number of nitrogens with one attached hydrogen (secondary N) is 1. The zero-order valence-corrected chi connectivity index (χ0v) is 16.4. The van der Waals surface area contributed by atoms with Gasteiger partial charge in [-0.3, -0.25) is 4.98 Å². The summed E-state index contributed by atoms with van der Waals surface area (Å²) in [6, 6.07) is 15.6. The van der Waals surface area contributed by atoms with E-state index in [9.17, 15) is 5.11 Å². The minimum Gasteiger partial charge on any atom is -0.382 e. The van der Waals surface area contributed by atoms with Crippen LogP contribution in [0.15, 0.2) is 65.5 Å². The molecule has 3 heterocycles. The smallest absolute Gasteiger partial charge is 0.133 e. The zero-order valence-electron chi connectivity index (χ0n) is 14.8. The summed E-state index contributed by atoms with van der Waals surface area (Å²) in [6.07, 6.45) is 0.955. The molecule has 4 aromatic rings. The van der Waals surface area contributed by atoms with Crippen molar-refractivity contribution >= 4 is 28.4 Å². The number of hydrogen-bond donors (Lipinski definition) is 2. The third-order valence-corrected chi connectivity index (χ3v) is 6.22. The molecule has 4 nitrogen and oxygen atoms in total. The van der Waals surface area contributed by atoms with E-state index in [-0.39, 0.29) is 0 Å². The Labute approximate surface area is 166 Å². The fourth-order valence-electron chi connectivity index (χ4n) is 2.80. The number of benzene rings is 1. The Bertz CT molecular complexity index is 1010. The first kappa shape index (κ1) is 17.9. The predicted molar refractivity (Wildman–Crippen MR) is 112 cm³/mol. The lowest BCUT2D eigenvalue weighted by Crippen LogP contribution is -2.05. The van der Waals surface area contributed by atoms with Crippen LogP contribution in [0.2, 0.25) is 0 Å². The largest absolute Gasteiger partial charge is 0.382 e. The van der Waals surface area contributed by atoms with E-state index in [4.69, 9.17) is 4.98 Å². The van der Waals surface area contributed by atoms with Gasteiger partial charge < -0.3 is 10.4 Å². The second-order valence-electron chi connectivity index (χ2n) is 6.21. The molecule has 1 atom stereocenters. The second kappa shape index (κ2) is 8.00. The number of aliphatic hydroxyl groups is 1. The number of aromatic nitrogens is 2. The summed E-state index contributed by atoms with van der Waals surface area (Å²) in [5.74, 6) is 0. The van der Waals surface area contributed by atoms with Crippen molar-refractivity contribution in [1.29, 1.82) is 0 Å². The molecule has 0 aliphatic carbocycles. The topological polar surface area (TPSA) is 58.0 Å². The van der Waals surface area contributed by atoms with Crippen LogP contribution in [-0.2, 0) is 6.54 Å². The van der Waals surface area contributed by atoms with Crippen LogP contribution in [0.1, 0.15) is 28.6 Å². The number of nitrogens with zero attached hydrogens (tertiary/aromatic N) is 2. The van der Waals surface area contributed by atoms with E-state index < -0.39 is 6.10 Å². The first-order valence-electron chi connectivity index (χ1n) is 8.62. The average Bonchev–Trinajstić information content (AvgIpc) is 3.39. The number of rotatable bonds is 6. The highest BCUT2D eigenvalue weighted by Gasteiger charge is 2.13. The number of pyridine rings is 1. The van der Waals surface area contributed by atoms with Crippen molar-refractivity contribution in [3.05, 3.63) is 88.0 Å². The van der Waals surface area contributed by atoms with Crippen LogP contribution in [0.25, 0.3) is 9.88 Å². The van der Waals surface area contributed by atoms with Gasteiger partial charge in [0.25, 0.3) is 0 Å². The normalized spacial score (nSPS) is 12.1.